The van der Waals surface area contributed by atoms with Gasteiger partial charge in [-0.3, -0.25) is 13.6 Å². The van der Waals surface area contributed by atoms with Crippen molar-refractivity contribution in [2.24, 2.45) is 11.8 Å². The fourth-order valence-electron chi connectivity index (χ4n) is 5.58. The molecule has 12 heteroatoms. The van der Waals surface area contributed by atoms with Crippen LogP contribution in [-0.2, 0) is 13.6 Å². The predicted molar refractivity (Wildman–Crippen MR) is 110 cm³/mol. The van der Waals surface area contributed by atoms with Crippen molar-refractivity contribution < 1.29 is 48.7 Å². The lowest BCUT2D eigenvalue weighted by Gasteiger charge is -2.41. The molecule has 0 aromatic carbocycles. The Labute approximate surface area is 194 Å². The molecule has 0 aromatic rings. The summed E-state index contributed by atoms with van der Waals surface area (Å²) in [4.78, 5) is 0. The van der Waals surface area contributed by atoms with Gasteiger partial charge in [0.2, 0.25) is 0 Å². The third-order valence-electron chi connectivity index (χ3n) is 7.43. The second-order valence-corrected chi connectivity index (χ2v) is 12.1. The highest BCUT2D eigenvalue weighted by Gasteiger charge is 2.58. The van der Waals surface area contributed by atoms with E-state index in [1.54, 1.807) is 0 Å². The first-order chi connectivity index (χ1) is 15.8. The summed E-state index contributed by atoms with van der Waals surface area (Å²) >= 11 is 0. The summed E-state index contributed by atoms with van der Waals surface area (Å²) in [6, 6.07) is 0. The zero-order chi connectivity index (χ0) is 25.1. The van der Waals surface area contributed by atoms with Crippen LogP contribution in [0.25, 0.3) is 0 Å². The minimum atomic E-state index is -5.15. The fraction of sp³-hybridized carbons (Fsp3) is 1.00. The topological polar surface area (TPSA) is 35.5 Å². The van der Waals surface area contributed by atoms with Crippen molar-refractivity contribution in [3.8, 4) is 0 Å². The standard InChI is InChI=1S/C22H33F8O3P/c23-17-12-6-4-10-15(17)19(21(25,26)27)32-34(31,14-8-2-1-3-9-14)33-20(22(28,29)30)16-11-5-7-13-18(16)24/h14-20H,1-13H2. The highest BCUT2D eigenvalue weighted by molar-refractivity contribution is 7.54. The molecule has 0 bridgehead atoms. The van der Waals surface area contributed by atoms with Crippen molar-refractivity contribution in [3.63, 3.8) is 0 Å². The molecule has 3 rings (SSSR count). The normalized spacial score (nSPS) is 33.8. The number of hydrogen-bond donors (Lipinski definition) is 0. The molecular weight excluding hydrogens is 495 g/mol. The Morgan fingerprint density at radius 2 is 0.941 bits per heavy atom. The summed E-state index contributed by atoms with van der Waals surface area (Å²) in [7, 11) is -5.06. The summed E-state index contributed by atoms with van der Waals surface area (Å²) in [5.41, 5.74) is -1.18. The zero-order valence-electron chi connectivity index (χ0n) is 18.9. The van der Waals surface area contributed by atoms with Crippen LogP contribution in [0.4, 0.5) is 35.1 Å². The fourth-order valence-corrected chi connectivity index (χ4v) is 8.16. The highest BCUT2D eigenvalue weighted by Crippen LogP contribution is 2.63. The molecule has 0 radical (unpaired) electrons. The number of alkyl halides is 8. The van der Waals surface area contributed by atoms with E-state index in [4.69, 9.17) is 9.05 Å². The van der Waals surface area contributed by atoms with Gasteiger partial charge < -0.3 is 0 Å². The van der Waals surface area contributed by atoms with Gasteiger partial charge in [0, 0.05) is 11.8 Å². The largest absolute Gasteiger partial charge is 0.415 e. The molecule has 0 spiro atoms. The SMILES string of the molecule is O=P(OC(C1CCCCC1F)C(F)(F)F)(OC(C1CCCCC1F)C(F)(F)F)C1CCCCC1. The average Bonchev–Trinajstić information content (AvgIpc) is 2.76. The minimum Gasteiger partial charge on any atom is -0.295 e. The van der Waals surface area contributed by atoms with Crippen LogP contribution >= 0.6 is 7.60 Å². The molecular formula is C22H33F8O3P. The van der Waals surface area contributed by atoms with Gasteiger partial charge in [0.25, 0.3) is 0 Å². The van der Waals surface area contributed by atoms with Crippen LogP contribution in [0.1, 0.15) is 83.5 Å². The second-order valence-electron chi connectivity index (χ2n) is 9.90. The molecule has 3 aliphatic rings. The molecule has 3 nitrogen and oxygen atoms in total. The smallest absolute Gasteiger partial charge is 0.295 e. The van der Waals surface area contributed by atoms with E-state index in [1.807, 2.05) is 0 Å². The number of hydrogen-bond acceptors (Lipinski definition) is 3. The van der Waals surface area contributed by atoms with Crippen LogP contribution in [0.5, 0.6) is 0 Å². The van der Waals surface area contributed by atoms with Crippen molar-refractivity contribution >= 4 is 7.60 Å². The summed E-state index contributed by atoms with van der Waals surface area (Å²) in [5.74, 6) is -3.36. The van der Waals surface area contributed by atoms with E-state index in [0.29, 0.717) is 44.9 Å². The van der Waals surface area contributed by atoms with Gasteiger partial charge in [-0.25, -0.2) is 8.78 Å². The van der Waals surface area contributed by atoms with E-state index in [-0.39, 0.29) is 38.5 Å². The molecule has 3 aliphatic carbocycles. The van der Waals surface area contributed by atoms with E-state index in [0.717, 1.165) is 0 Å². The van der Waals surface area contributed by atoms with Gasteiger partial charge in [-0.1, -0.05) is 44.9 Å². The summed E-state index contributed by atoms with van der Waals surface area (Å²) in [6.07, 6.45) is -17.3. The molecule has 3 saturated carbocycles. The Morgan fingerprint density at radius 3 is 1.29 bits per heavy atom. The third kappa shape index (κ3) is 6.87. The Kier molecular flexibility index (Phi) is 9.38. The molecule has 0 amide bonds. The Morgan fingerprint density at radius 1 is 0.588 bits per heavy atom. The Balaban J connectivity index is 1.96. The van der Waals surface area contributed by atoms with Crippen LogP contribution in [-0.4, -0.2) is 42.6 Å². The average molecular weight is 528 g/mol. The molecule has 6 atom stereocenters. The zero-order valence-corrected chi connectivity index (χ0v) is 19.8. The second kappa shape index (κ2) is 11.3. The Bertz CT molecular complexity index is 649. The van der Waals surface area contributed by atoms with Gasteiger partial charge in [-0.05, 0) is 38.5 Å². The van der Waals surface area contributed by atoms with Crippen molar-refractivity contribution in [2.75, 3.05) is 0 Å². The summed E-state index contributed by atoms with van der Waals surface area (Å²) in [5, 5.41) is 0. The van der Waals surface area contributed by atoms with Crippen LogP contribution in [0.2, 0.25) is 0 Å². The van der Waals surface area contributed by atoms with Crippen molar-refractivity contribution in [2.45, 2.75) is 126 Å². The van der Waals surface area contributed by atoms with Crippen LogP contribution in [0.15, 0.2) is 0 Å². The highest BCUT2D eigenvalue weighted by atomic mass is 31.2. The maximum atomic E-state index is 14.5. The molecule has 0 aliphatic heterocycles. The van der Waals surface area contributed by atoms with Gasteiger partial charge in [0.1, 0.15) is 12.3 Å². The van der Waals surface area contributed by atoms with Gasteiger partial charge in [0.15, 0.2) is 12.2 Å². The molecule has 0 saturated heterocycles. The van der Waals surface area contributed by atoms with Crippen LogP contribution in [0, 0.1) is 11.8 Å². The first-order valence-electron chi connectivity index (χ1n) is 12.2. The molecule has 3 fully saturated rings. The molecule has 34 heavy (non-hydrogen) atoms. The van der Waals surface area contributed by atoms with Crippen molar-refractivity contribution in [1.29, 1.82) is 0 Å². The van der Waals surface area contributed by atoms with E-state index in [2.05, 4.69) is 0 Å². The van der Waals surface area contributed by atoms with Crippen LogP contribution in [0.3, 0.4) is 0 Å². The van der Waals surface area contributed by atoms with Crippen molar-refractivity contribution in [3.05, 3.63) is 0 Å². The molecule has 6 unspecified atom stereocenters. The first kappa shape index (κ1) is 28.2. The summed E-state index contributed by atoms with van der Waals surface area (Å²) in [6.45, 7) is 0. The maximum Gasteiger partial charge on any atom is 0.415 e. The summed E-state index contributed by atoms with van der Waals surface area (Å²) < 4.78 is 137. The van der Waals surface area contributed by atoms with Gasteiger partial charge in [0.05, 0.1) is 5.66 Å². The van der Waals surface area contributed by atoms with Gasteiger partial charge in [-0.2, -0.15) is 26.3 Å². The van der Waals surface area contributed by atoms with E-state index in [9.17, 15) is 39.7 Å². The third-order valence-corrected chi connectivity index (χ3v) is 9.88. The molecule has 0 N–H and O–H groups in total. The van der Waals surface area contributed by atoms with E-state index in [1.165, 1.54) is 0 Å². The quantitative estimate of drug-likeness (QED) is 0.246. The minimum absolute atomic E-state index is 0.0693. The number of rotatable bonds is 7. The molecule has 0 heterocycles. The maximum absolute atomic E-state index is 14.5. The van der Waals surface area contributed by atoms with Gasteiger partial charge in [-0.15, -0.1) is 0 Å². The first-order valence-corrected chi connectivity index (χ1v) is 13.8. The van der Waals surface area contributed by atoms with E-state index >= 15 is 0 Å². The lowest BCUT2D eigenvalue weighted by Crippen LogP contribution is -2.46. The van der Waals surface area contributed by atoms with Crippen molar-refractivity contribution in [1.82, 2.24) is 0 Å². The monoisotopic (exact) mass is 528 g/mol. The van der Waals surface area contributed by atoms with Crippen LogP contribution < -0.4 is 0 Å². The lowest BCUT2D eigenvalue weighted by atomic mass is 9.83. The Hall–Kier alpha value is -0.410. The van der Waals surface area contributed by atoms with E-state index < -0.39 is 62.0 Å². The molecule has 200 valence electrons. The number of halogens is 8. The lowest BCUT2D eigenvalue weighted by molar-refractivity contribution is -0.235. The van der Waals surface area contributed by atoms with Gasteiger partial charge >= 0.3 is 19.9 Å². The predicted octanol–water partition coefficient (Wildman–Crippen LogP) is 8.46. The molecule has 0 aromatic heterocycles.